The number of rotatable bonds is 4. The van der Waals surface area contributed by atoms with E-state index in [1.807, 2.05) is 30.3 Å². The summed E-state index contributed by atoms with van der Waals surface area (Å²) in [5.74, 6) is -0.0783. The van der Waals surface area contributed by atoms with Crippen LogP contribution in [0.2, 0.25) is 0 Å². The molecule has 4 rings (SSSR count). The predicted octanol–water partition coefficient (Wildman–Crippen LogP) is -1.75. The van der Waals surface area contributed by atoms with Crippen molar-refractivity contribution < 1.29 is 24.6 Å². The Balaban J connectivity index is 1.85. The molecule has 27 heavy (non-hydrogen) atoms. The standard InChI is InChI=1S/C17H19N5O5/c18-17-19-14-11(15(26)20-17)21(6-9-4-2-1-3-5-9)8-22(14)16-13(25)12(24)10(7-23)27-16/h1-5,8,10,12-13,16,23-25H,6-7H2,(H2-,18,19,20,26)/p+1/t10-,12-,13-,16-/m1/s1. The first-order valence-corrected chi connectivity index (χ1v) is 8.45. The molecule has 1 aliphatic heterocycles. The Labute approximate surface area is 153 Å². The Hall–Kier alpha value is -2.79. The Bertz CT molecular complexity index is 1020. The summed E-state index contributed by atoms with van der Waals surface area (Å²) in [7, 11) is 0. The number of hydrogen-bond acceptors (Lipinski definition) is 7. The number of aromatic nitrogens is 4. The van der Waals surface area contributed by atoms with Gasteiger partial charge in [0.25, 0.3) is 11.2 Å². The summed E-state index contributed by atoms with van der Waals surface area (Å²) in [5.41, 5.74) is 6.68. The van der Waals surface area contributed by atoms with E-state index in [0.29, 0.717) is 6.54 Å². The SMILES string of the molecule is Nc1nc2c(c(=O)[nH]1)[n+](Cc1ccccc1)cn2[C@@H]1O[C@H](CO)[C@@H](O)[C@H]1O. The van der Waals surface area contributed by atoms with Crippen LogP contribution in [-0.2, 0) is 11.3 Å². The molecule has 4 atom stereocenters. The first-order valence-electron chi connectivity index (χ1n) is 8.45. The van der Waals surface area contributed by atoms with Gasteiger partial charge in [-0.3, -0.25) is 9.78 Å². The highest BCUT2D eigenvalue weighted by Crippen LogP contribution is 2.30. The van der Waals surface area contributed by atoms with Gasteiger partial charge in [0.2, 0.25) is 18.5 Å². The zero-order valence-electron chi connectivity index (χ0n) is 14.3. The molecule has 0 amide bonds. The van der Waals surface area contributed by atoms with E-state index in [4.69, 9.17) is 10.5 Å². The molecule has 142 valence electrons. The first-order chi connectivity index (χ1) is 13.0. The number of fused-ring (bicyclic) bond motifs is 1. The summed E-state index contributed by atoms with van der Waals surface area (Å²) < 4.78 is 8.70. The van der Waals surface area contributed by atoms with Crippen LogP contribution >= 0.6 is 0 Å². The molecular weight excluding hydrogens is 354 g/mol. The smallest absolute Gasteiger partial charge is 0.304 e. The minimum atomic E-state index is -1.30. The van der Waals surface area contributed by atoms with Crippen molar-refractivity contribution in [3.05, 3.63) is 52.6 Å². The van der Waals surface area contributed by atoms with Crippen LogP contribution in [0.3, 0.4) is 0 Å². The van der Waals surface area contributed by atoms with Gasteiger partial charge in [-0.15, -0.1) is 0 Å². The van der Waals surface area contributed by atoms with Gasteiger partial charge >= 0.3 is 5.56 Å². The monoisotopic (exact) mass is 374 g/mol. The Morgan fingerprint density at radius 3 is 2.67 bits per heavy atom. The van der Waals surface area contributed by atoms with Crippen LogP contribution in [0.15, 0.2) is 41.5 Å². The summed E-state index contributed by atoms with van der Waals surface area (Å²) >= 11 is 0. The summed E-state index contributed by atoms with van der Waals surface area (Å²) in [6, 6.07) is 9.51. The largest absolute Gasteiger partial charge is 0.394 e. The number of anilines is 1. The van der Waals surface area contributed by atoms with Crippen molar-refractivity contribution in [2.24, 2.45) is 0 Å². The maximum atomic E-state index is 12.5. The average Bonchev–Trinajstić information content (AvgIpc) is 3.14. The minimum absolute atomic E-state index is 0.0783. The maximum absolute atomic E-state index is 12.5. The van der Waals surface area contributed by atoms with E-state index in [2.05, 4.69) is 9.97 Å². The highest BCUT2D eigenvalue weighted by molar-refractivity contribution is 5.67. The van der Waals surface area contributed by atoms with Gasteiger partial charge in [-0.2, -0.15) is 9.55 Å². The molecule has 0 spiro atoms. The second-order valence-corrected chi connectivity index (χ2v) is 6.49. The number of aliphatic hydroxyl groups is 3. The quantitative estimate of drug-likeness (QED) is 0.340. The molecule has 1 aromatic carbocycles. The van der Waals surface area contributed by atoms with Crippen LogP contribution in [-0.4, -0.2) is 54.8 Å². The van der Waals surface area contributed by atoms with Gasteiger partial charge in [0.15, 0.2) is 0 Å². The summed E-state index contributed by atoms with van der Waals surface area (Å²) in [4.78, 5) is 19.2. The minimum Gasteiger partial charge on any atom is -0.394 e. The van der Waals surface area contributed by atoms with Crippen molar-refractivity contribution in [2.45, 2.75) is 31.1 Å². The first kappa shape index (κ1) is 17.6. The van der Waals surface area contributed by atoms with Crippen molar-refractivity contribution in [3.8, 4) is 0 Å². The van der Waals surface area contributed by atoms with E-state index < -0.39 is 36.7 Å². The van der Waals surface area contributed by atoms with Crippen molar-refractivity contribution in [1.29, 1.82) is 0 Å². The lowest BCUT2D eigenvalue weighted by molar-refractivity contribution is -0.664. The predicted molar refractivity (Wildman–Crippen MR) is 93.5 cm³/mol. The fourth-order valence-electron chi connectivity index (χ4n) is 3.37. The molecule has 1 aliphatic rings. The van der Waals surface area contributed by atoms with Crippen LogP contribution in [0.1, 0.15) is 11.8 Å². The lowest BCUT2D eigenvalue weighted by Crippen LogP contribution is -2.37. The Kier molecular flexibility index (Phi) is 4.40. The molecule has 0 saturated carbocycles. The van der Waals surface area contributed by atoms with Crippen LogP contribution in [0.25, 0.3) is 11.2 Å². The lowest BCUT2D eigenvalue weighted by atomic mass is 10.1. The molecule has 0 unspecified atom stereocenters. The highest BCUT2D eigenvalue weighted by atomic mass is 16.6. The topological polar surface area (TPSA) is 150 Å². The zero-order chi connectivity index (χ0) is 19.1. The van der Waals surface area contributed by atoms with E-state index in [0.717, 1.165) is 5.56 Å². The van der Waals surface area contributed by atoms with Crippen molar-refractivity contribution in [1.82, 2.24) is 14.5 Å². The van der Waals surface area contributed by atoms with Gasteiger partial charge in [-0.1, -0.05) is 30.3 Å². The second-order valence-electron chi connectivity index (χ2n) is 6.49. The van der Waals surface area contributed by atoms with Crippen molar-refractivity contribution in [2.75, 3.05) is 12.3 Å². The number of aliphatic hydroxyl groups excluding tert-OH is 3. The van der Waals surface area contributed by atoms with Gasteiger partial charge in [0, 0.05) is 0 Å². The fourth-order valence-corrected chi connectivity index (χ4v) is 3.37. The molecule has 1 saturated heterocycles. The van der Waals surface area contributed by atoms with Crippen molar-refractivity contribution in [3.63, 3.8) is 0 Å². The van der Waals surface area contributed by atoms with Gasteiger partial charge in [0.1, 0.15) is 24.9 Å². The number of nitrogens with one attached hydrogen (secondary N) is 1. The molecule has 3 aromatic rings. The van der Waals surface area contributed by atoms with Crippen LogP contribution in [0, 0.1) is 0 Å². The normalized spacial score (nSPS) is 25.3. The van der Waals surface area contributed by atoms with Crippen molar-refractivity contribution >= 4 is 17.1 Å². The number of nitrogens with two attached hydrogens (primary N) is 1. The van der Waals surface area contributed by atoms with E-state index >= 15 is 0 Å². The van der Waals surface area contributed by atoms with Crippen LogP contribution < -0.4 is 15.9 Å². The number of imidazole rings is 1. The summed E-state index contributed by atoms with van der Waals surface area (Å²) in [5, 5.41) is 29.7. The fraction of sp³-hybridized carbons (Fsp3) is 0.353. The number of H-pyrrole nitrogens is 1. The molecule has 6 N–H and O–H groups in total. The van der Waals surface area contributed by atoms with E-state index in [1.165, 1.54) is 4.57 Å². The van der Waals surface area contributed by atoms with Gasteiger partial charge in [0.05, 0.1) is 6.61 Å². The molecule has 0 bridgehead atoms. The third kappa shape index (κ3) is 2.98. The van der Waals surface area contributed by atoms with Gasteiger partial charge < -0.3 is 25.8 Å². The average molecular weight is 374 g/mol. The molecule has 3 heterocycles. The molecular formula is C17H20N5O5+. The van der Waals surface area contributed by atoms with E-state index in [-0.39, 0.29) is 17.1 Å². The lowest BCUT2D eigenvalue weighted by Gasteiger charge is -2.11. The Morgan fingerprint density at radius 1 is 1.26 bits per heavy atom. The zero-order valence-corrected chi connectivity index (χ0v) is 14.3. The Morgan fingerprint density at radius 2 is 2.00 bits per heavy atom. The second kappa shape index (κ2) is 6.74. The molecule has 1 fully saturated rings. The third-order valence-electron chi connectivity index (χ3n) is 4.68. The number of hydrogen-bond donors (Lipinski definition) is 5. The molecule has 10 nitrogen and oxygen atoms in total. The number of aromatic amines is 1. The maximum Gasteiger partial charge on any atom is 0.304 e. The van der Waals surface area contributed by atoms with Gasteiger partial charge in [-0.25, -0.2) is 4.57 Å². The van der Waals surface area contributed by atoms with Gasteiger partial charge in [-0.05, 0) is 5.56 Å². The number of nitrogens with zero attached hydrogens (tertiary/aromatic N) is 3. The van der Waals surface area contributed by atoms with Crippen LogP contribution in [0.5, 0.6) is 0 Å². The highest BCUT2D eigenvalue weighted by Gasteiger charge is 2.47. The number of benzene rings is 1. The van der Waals surface area contributed by atoms with E-state index in [1.54, 1.807) is 10.9 Å². The van der Waals surface area contributed by atoms with E-state index in [9.17, 15) is 20.1 Å². The summed E-state index contributed by atoms with van der Waals surface area (Å²) in [6.07, 6.45) is -2.95. The molecule has 0 radical (unpaired) electrons. The number of ether oxygens (including phenoxy) is 1. The number of nitrogen functional groups attached to an aromatic ring is 1. The molecule has 0 aliphatic carbocycles. The summed E-state index contributed by atoms with van der Waals surface area (Å²) in [6.45, 7) is -0.0676. The molecule has 2 aromatic heterocycles. The third-order valence-corrected chi connectivity index (χ3v) is 4.68. The molecule has 10 heteroatoms. The van der Waals surface area contributed by atoms with Crippen LogP contribution in [0.4, 0.5) is 5.95 Å².